The molecule has 27 heavy (non-hydrogen) atoms. The molecule has 2 aromatic rings. The summed E-state index contributed by atoms with van der Waals surface area (Å²) < 4.78 is 13.6. The molecule has 1 saturated heterocycles. The van der Waals surface area contributed by atoms with E-state index >= 15 is 0 Å². The van der Waals surface area contributed by atoms with Crippen molar-refractivity contribution in [1.82, 2.24) is 15.4 Å². The van der Waals surface area contributed by atoms with Gasteiger partial charge in [0.2, 0.25) is 0 Å². The van der Waals surface area contributed by atoms with Crippen LogP contribution in [-0.2, 0) is 9.63 Å². The van der Waals surface area contributed by atoms with Crippen LogP contribution in [0.4, 0.5) is 4.39 Å². The molecule has 1 fully saturated rings. The first kappa shape index (κ1) is 18.1. The van der Waals surface area contributed by atoms with E-state index < -0.39 is 11.9 Å². The van der Waals surface area contributed by atoms with Gasteiger partial charge in [-0.2, -0.15) is 0 Å². The monoisotopic (exact) mass is 406 g/mol. The standard InChI is InChI=1S/C18H16ClFN4O2S/c1-26-23-17(25)14-13-3-2-7-24(13)16(18-21-6-8-27-18)22-15(14)11-5-4-10(20)9-12(11)19/h4-6,8-9,15H,2-3,7H2,1H3,(H,23,25). The fourth-order valence-corrected chi connectivity index (χ4v) is 4.37. The molecule has 0 spiro atoms. The number of hydrogen-bond donors (Lipinski definition) is 1. The van der Waals surface area contributed by atoms with Crippen molar-refractivity contribution in [1.29, 1.82) is 0 Å². The Morgan fingerprint density at radius 3 is 3.04 bits per heavy atom. The van der Waals surface area contributed by atoms with Crippen LogP contribution in [0.1, 0.15) is 29.5 Å². The van der Waals surface area contributed by atoms with Gasteiger partial charge in [-0.05, 0) is 25.0 Å². The summed E-state index contributed by atoms with van der Waals surface area (Å²) in [6, 6.07) is 3.44. The number of fused-ring (bicyclic) bond motifs is 1. The summed E-state index contributed by atoms with van der Waals surface area (Å²) in [5.41, 5.74) is 4.28. The van der Waals surface area contributed by atoms with Crippen LogP contribution in [-0.4, -0.2) is 35.3 Å². The first-order valence-corrected chi connectivity index (χ1v) is 9.62. The molecule has 0 saturated carbocycles. The van der Waals surface area contributed by atoms with Crippen LogP contribution in [0.25, 0.3) is 0 Å². The van der Waals surface area contributed by atoms with E-state index in [2.05, 4.69) is 10.5 Å². The number of hydroxylamine groups is 1. The zero-order valence-corrected chi connectivity index (χ0v) is 16.0. The molecule has 0 radical (unpaired) electrons. The van der Waals surface area contributed by atoms with Crippen molar-refractivity contribution in [3.63, 3.8) is 0 Å². The van der Waals surface area contributed by atoms with E-state index in [4.69, 9.17) is 21.4 Å². The molecule has 4 rings (SSSR count). The van der Waals surface area contributed by atoms with E-state index in [1.807, 2.05) is 10.3 Å². The number of thiazole rings is 1. The van der Waals surface area contributed by atoms with Crippen LogP contribution in [0.5, 0.6) is 0 Å². The van der Waals surface area contributed by atoms with Crippen molar-refractivity contribution in [2.24, 2.45) is 4.99 Å². The lowest BCUT2D eigenvalue weighted by Crippen LogP contribution is -2.37. The van der Waals surface area contributed by atoms with E-state index in [1.165, 1.54) is 30.6 Å². The summed E-state index contributed by atoms with van der Waals surface area (Å²) in [6.45, 7) is 0.751. The fraction of sp³-hybridized carbons (Fsp3) is 0.278. The normalized spacial score (nSPS) is 19.1. The lowest BCUT2D eigenvalue weighted by Gasteiger charge is -2.32. The number of allylic oxidation sites excluding steroid dienone is 1. The molecule has 140 valence electrons. The summed E-state index contributed by atoms with van der Waals surface area (Å²) in [7, 11) is 1.38. The number of carbonyl (C=O) groups excluding carboxylic acids is 1. The first-order valence-electron chi connectivity index (χ1n) is 8.36. The third kappa shape index (κ3) is 3.24. The van der Waals surface area contributed by atoms with Crippen LogP contribution in [0.2, 0.25) is 5.02 Å². The molecule has 0 bridgehead atoms. The zero-order chi connectivity index (χ0) is 19.0. The molecule has 6 nitrogen and oxygen atoms in total. The second kappa shape index (κ2) is 7.38. The summed E-state index contributed by atoms with van der Waals surface area (Å²) in [4.78, 5) is 28.8. The van der Waals surface area contributed by atoms with Gasteiger partial charge in [0.05, 0.1) is 12.7 Å². The van der Waals surface area contributed by atoms with Crippen LogP contribution in [0.15, 0.2) is 46.0 Å². The number of halogens is 2. The van der Waals surface area contributed by atoms with E-state index in [0.29, 0.717) is 17.0 Å². The Labute approximate surface area is 164 Å². The highest BCUT2D eigenvalue weighted by atomic mass is 35.5. The number of nitrogens with one attached hydrogen (secondary N) is 1. The molecule has 1 aromatic carbocycles. The number of amidine groups is 1. The van der Waals surface area contributed by atoms with Gasteiger partial charge in [0.1, 0.15) is 11.9 Å². The predicted molar refractivity (Wildman–Crippen MR) is 101 cm³/mol. The maximum Gasteiger partial charge on any atom is 0.275 e. The molecule has 2 aliphatic heterocycles. The molecule has 9 heteroatoms. The number of nitrogens with zero attached hydrogens (tertiary/aromatic N) is 3. The van der Waals surface area contributed by atoms with Crippen molar-refractivity contribution in [3.8, 4) is 0 Å². The fourth-order valence-electron chi connectivity index (χ4n) is 3.46. The van der Waals surface area contributed by atoms with E-state index in [1.54, 1.807) is 12.3 Å². The Hall–Kier alpha value is -2.29. The maximum atomic E-state index is 13.6. The summed E-state index contributed by atoms with van der Waals surface area (Å²) in [5.74, 6) is -0.120. The molecule has 1 unspecified atom stereocenters. The molecular weight excluding hydrogens is 391 g/mol. The average Bonchev–Trinajstić information content (AvgIpc) is 3.32. The Morgan fingerprint density at radius 1 is 1.48 bits per heavy atom. The summed E-state index contributed by atoms with van der Waals surface area (Å²) >= 11 is 7.78. The van der Waals surface area contributed by atoms with Crippen LogP contribution in [0, 0.1) is 5.82 Å². The Balaban J connectivity index is 1.89. The second-order valence-corrected chi connectivity index (χ2v) is 7.41. The topological polar surface area (TPSA) is 66.8 Å². The SMILES string of the molecule is CONC(=O)C1=C2CCCN2C(c2nccs2)=NC1c1ccc(F)cc1Cl. The second-order valence-electron chi connectivity index (χ2n) is 6.11. The number of hydrogen-bond acceptors (Lipinski definition) is 6. The quantitative estimate of drug-likeness (QED) is 0.789. The zero-order valence-electron chi connectivity index (χ0n) is 14.4. The largest absolute Gasteiger partial charge is 0.327 e. The van der Waals surface area contributed by atoms with Crippen molar-refractivity contribution in [2.75, 3.05) is 13.7 Å². The number of aromatic nitrogens is 1. The van der Waals surface area contributed by atoms with E-state index in [0.717, 1.165) is 30.1 Å². The predicted octanol–water partition coefficient (Wildman–Crippen LogP) is 3.46. The van der Waals surface area contributed by atoms with Gasteiger partial charge in [-0.1, -0.05) is 17.7 Å². The van der Waals surface area contributed by atoms with Gasteiger partial charge in [-0.15, -0.1) is 11.3 Å². The van der Waals surface area contributed by atoms with Crippen molar-refractivity contribution >= 4 is 34.7 Å². The lowest BCUT2D eigenvalue weighted by atomic mass is 9.94. The van der Waals surface area contributed by atoms with Gasteiger partial charge >= 0.3 is 0 Å². The van der Waals surface area contributed by atoms with Crippen LogP contribution < -0.4 is 5.48 Å². The van der Waals surface area contributed by atoms with Gasteiger partial charge in [0, 0.05) is 34.4 Å². The summed E-state index contributed by atoms with van der Waals surface area (Å²) in [5, 5.41) is 2.87. The van der Waals surface area contributed by atoms with Crippen molar-refractivity contribution < 1.29 is 14.0 Å². The van der Waals surface area contributed by atoms with Crippen molar-refractivity contribution in [2.45, 2.75) is 18.9 Å². The van der Waals surface area contributed by atoms with Gasteiger partial charge in [-0.25, -0.2) is 14.9 Å². The van der Waals surface area contributed by atoms with E-state index in [9.17, 15) is 9.18 Å². The minimum Gasteiger partial charge on any atom is -0.327 e. The molecular formula is C18H16ClFN4O2S. The van der Waals surface area contributed by atoms with Gasteiger partial charge < -0.3 is 4.90 Å². The lowest BCUT2D eigenvalue weighted by molar-refractivity contribution is -0.127. The average molecular weight is 407 g/mol. The smallest absolute Gasteiger partial charge is 0.275 e. The number of amides is 1. The third-order valence-electron chi connectivity index (χ3n) is 4.53. The van der Waals surface area contributed by atoms with Gasteiger partial charge in [0.25, 0.3) is 5.91 Å². The maximum absolute atomic E-state index is 13.6. The molecule has 1 N–H and O–H groups in total. The Bertz CT molecular complexity index is 945. The van der Waals surface area contributed by atoms with Crippen LogP contribution in [0.3, 0.4) is 0 Å². The number of benzene rings is 1. The van der Waals surface area contributed by atoms with E-state index in [-0.39, 0.29) is 10.9 Å². The Kier molecular flexibility index (Phi) is 4.94. The number of carbonyl (C=O) groups is 1. The molecule has 3 heterocycles. The van der Waals surface area contributed by atoms with Gasteiger partial charge in [-0.3, -0.25) is 14.6 Å². The molecule has 1 atom stereocenters. The molecule has 1 amide bonds. The first-order chi connectivity index (χ1) is 13.1. The van der Waals surface area contributed by atoms with Crippen molar-refractivity contribution in [3.05, 3.63) is 62.5 Å². The minimum atomic E-state index is -0.670. The summed E-state index contributed by atoms with van der Waals surface area (Å²) in [6.07, 6.45) is 3.34. The number of aliphatic imine (C=N–C) groups is 1. The number of rotatable bonds is 4. The Morgan fingerprint density at radius 2 is 2.33 bits per heavy atom. The van der Waals surface area contributed by atoms with Crippen LogP contribution >= 0.6 is 22.9 Å². The highest BCUT2D eigenvalue weighted by Crippen LogP contribution is 2.42. The third-order valence-corrected chi connectivity index (χ3v) is 5.63. The highest BCUT2D eigenvalue weighted by Gasteiger charge is 2.39. The minimum absolute atomic E-state index is 0.219. The highest BCUT2D eigenvalue weighted by molar-refractivity contribution is 7.11. The molecule has 2 aliphatic rings. The van der Waals surface area contributed by atoms with Gasteiger partial charge in [0.15, 0.2) is 10.8 Å². The molecule has 1 aromatic heterocycles. The molecule has 0 aliphatic carbocycles.